The third-order valence-electron chi connectivity index (χ3n) is 1.15. The van der Waals surface area contributed by atoms with Crippen molar-refractivity contribution in [3.63, 3.8) is 0 Å². The first-order valence-corrected chi connectivity index (χ1v) is 4.00. The molecule has 0 bridgehead atoms. The van der Waals surface area contributed by atoms with Crippen molar-refractivity contribution in [3.8, 4) is 0 Å². The standard InChI is InChI=1S/C7H11BrN4/c1-12-4-5(2-9)7(11)6(8)3-10/h2-4,9-10,12H,11H2,1H3/b5-4+,7-6+,9-2?,10-3?. The molecule has 5 heteroatoms. The van der Waals surface area contributed by atoms with Crippen LogP contribution < -0.4 is 11.1 Å². The Morgan fingerprint density at radius 3 is 2.33 bits per heavy atom. The zero-order chi connectivity index (χ0) is 9.56. The van der Waals surface area contributed by atoms with Crippen LogP contribution in [0.5, 0.6) is 0 Å². The normalized spacial score (nSPS) is 13.3. The Morgan fingerprint density at radius 1 is 1.42 bits per heavy atom. The molecule has 0 aromatic carbocycles. The Balaban J connectivity index is 4.87. The number of rotatable bonds is 4. The Kier molecular flexibility index (Phi) is 5.03. The molecule has 0 fully saturated rings. The van der Waals surface area contributed by atoms with Crippen molar-refractivity contribution in [1.82, 2.24) is 5.32 Å². The maximum absolute atomic E-state index is 7.02. The molecule has 12 heavy (non-hydrogen) atoms. The summed E-state index contributed by atoms with van der Waals surface area (Å²) < 4.78 is 0.465. The zero-order valence-electron chi connectivity index (χ0n) is 6.69. The Labute approximate surface area is 79.7 Å². The Morgan fingerprint density at radius 2 is 2.00 bits per heavy atom. The highest BCUT2D eigenvalue weighted by Gasteiger charge is 2.00. The van der Waals surface area contributed by atoms with Crippen LogP contribution in [-0.2, 0) is 0 Å². The molecule has 0 aromatic rings. The zero-order valence-corrected chi connectivity index (χ0v) is 8.27. The number of nitrogens with one attached hydrogen (secondary N) is 3. The first-order chi connectivity index (χ1) is 5.67. The van der Waals surface area contributed by atoms with Crippen LogP contribution in [0.15, 0.2) is 22.0 Å². The van der Waals surface area contributed by atoms with Gasteiger partial charge in [0.15, 0.2) is 0 Å². The topological polar surface area (TPSA) is 85.8 Å². The predicted molar refractivity (Wildman–Crippen MR) is 54.9 cm³/mol. The van der Waals surface area contributed by atoms with Gasteiger partial charge in [0.25, 0.3) is 0 Å². The van der Waals surface area contributed by atoms with E-state index >= 15 is 0 Å². The monoisotopic (exact) mass is 230 g/mol. The van der Waals surface area contributed by atoms with E-state index in [4.69, 9.17) is 16.6 Å². The van der Waals surface area contributed by atoms with E-state index in [2.05, 4.69) is 21.2 Å². The van der Waals surface area contributed by atoms with E-state index in [9.17, 15) is 0 Å². The van der Waals surface area contributed by atoms with Crippen LogP contribution in [0.3, 0.4) is 0 Å². The molecule has 0 saturated heterocycles. The first-order valence-electron chi connectivity index (χ1n) is 3.21. The average molecular weight is 231 g/mol. The van der Waals surface area contributed by atoms with Gasteiger partial charge in [0.05, 0.1) is 10.2 Å². The quantitative estimate of drug-likeness (QED) is 0.429. The maximum Gasteiger partial charge on any atom is 0.0587 e. The molecule has 0 atom stereocenters. The van der Waals surface area contributed by atoms with Crippen molar-refractivity contribution in [1.29, 1.82) is 10.8 Å². The molecule has 0 amide bonds. The van der Waals surface area contributed by atoms with E-state index in [1.54, 1.807) is 13.2 Å². The third kappa shape index (κ3) is 2.87. The molecule has 0 aliphatic heterocycles. The number of halogens is 1. The van der Waals surface area contributed by atoms with Crippen LogP contribution in [0.1, 0.15) is 0 Å². The second-order valence-corrected chi connectivity index (χ2v) is 2.79. The lowest BCUT2D eigenvalue weighted by Gasteiger charge is -2.02. The fourth-order valence-electron chi connectivity index (χ4n) is 0.568. The van der Waals surface area contributed by atoms with E-state index in [1.807, 2.05) is 0 Å². The van der Waals surface area contributed by atoms with Crippen molar-refractivity contribution in [2.24, 2.45) is 5.73 Å². The SMILES string of the molecule is CN/C=C(C=N)/C(N)=C(\Br)C=N. The lowest BCUT2D eigenvalue weighted by molar-refractivity contribution is 1.09. The minimum absolute atomic E-state index is 0.370. The molecular weight excluding hydrogens is 220 g/mol. The molecule has 0 aromatic heterocycles. The third-order valence-corrected chi connectivity index (χ3v) is 1.81. The lowest BCUT2D eigenvalue weighted by atomic mass is 10.2. The predicted octanol–water partition coefficient (Wildman–Crippen LogP) is 0.954. The van der Waals surface area contributed by atoms with Gasteiger partial charge in [0.1, 0.15) is 0 Å². The molecule has 0 unspecified atom stereocenters. The average Bonchev–Trinajstić information content (AvgIpc) is 2.11. The molecule has 0 rings (SSSR count). The minimum atomic E-state index is 0.370. The Bertz CT molecular complexity index is 242. The van der Waals surface area contributed by atoms with Gasteiger partial charge in [0, 0.05) is 31.2 Å². The van der Waals surface area contributed by atoms with Crippen molar-refractivity contribution in [2.45, 2.75) is 0 Å². The molecule has 0 spiro atoms. The number of hydrogen-bond donors (Lipinski definition) is 4. The number of allylic oxidation sites excluding steroid dienone is 2. The molecule has 66 valence electrons. The number of nitrogens with two attached hydrogens (primary N) is 1. The molecule has 4 nitrogen and oxygen atoms in total. The summed E-state index contributed by atoms with van der Waals surface area (Å²) in [6, 6.07) is 0. The summed E-state index contributed by atoms with van der Waals surface area (Å²) in [5.41, 5.74) is 6.50. The van der Waals surface area contributed by atoms with Crippen LogP contribution in [-0.4, -0.2) is 19.5 Å². The van der Waals surface area contributed by atoms with E-state index in [-0.39, 0.29) is 0 Å². The van der Waals surface area contributed by atoms with Gasteiger partial charge in [-0.3, -0.25) is 0 Å². The van der Waals surface area contributed by atoms with Crippen molar-refractivity contribution in [2.75, 3.05) is 7.05 Å². The molecule has 5 N–H and O–H groups in total. The summed E-state index contributed by atoms with van der Waals surface area (Å²) in [5.74, 6) is 0. The lowest BCUT2D eigenvalue weighted by Crippen LogP contribution is -2.08. The summed E-state index contributed by atoms with van der Waals surface area (Å²) >= 11 is 3.09. The molecule has 0 saturated carbocycles. The summed E-state index contributed by atoms with van der Waals surface area (Å²) in [7, 11) is 1.72. The van der Waals surface area contributed by atoms with Gasteiger partial charge < -0.3 is 21.9 Å². The first kappa shape index (κ1) is 10.9. The highest BCUT2D eigenvalue weighted by molar-refractivity contribution is 9.12. The highest BCUT2D eigenvalue weighted by Crippen LogP contribution is 2.10. The van der Waals surface area contributed by atoms with E-state index in [0.29, 0.717) is 15.8 Å². The van der Waals surface area contributed by atoms with Gasteiger partial charge in [-0.2, -0.15) is 0 Å². The minimum Gasteiger partial charge on any atom is -0.397 e. The van der Waals surface area contributed by atoms with Crippen LogP contribution >= 0.6 is 15.9 Å². The highest BCUT2D eigenvalue weighted by atomic mass is 79.9. The van der Waals surface area contributed by atoms with Gasteiger partial charge in [-0.15, -0.1) is 0 Å². The largest absolute Gasteiger partial charge is 0.397 e. The molecular formula is C7H11BrN4. The van der Waals surface area contributed by atoms with Gasteiger partial charge in [-0.25, -0.2) is 0 Å². The smallest absolute Gasteiger partial charge is 0.0587 e. The van der Waals surface area contributed by atoms with E-state index in [1.165, 1.54) is 0 Å². The molecule has 0 aliphatic rings. The molecule has 0 aliphatic carbocycles. The van der Waals surface area contributed by atoms with Crippen LogP contribution in [0.2, 0.25) is 0 Å². The summed E-state index contributed by atoms with van der Waals surface area (Å²) in [4.78, 5) is 0. The van der Waals surface area contributed by atoms with Crippen LogP contribution in [0.25, 0.3) is 0 Å². The van der Waals surface area contributed by atoms with Gasteiger partial charge >= 0.3 is 0 Å². The van der Waals surface area contributed by atoms with Gasteiger partial charge in [-0.1, -0.05) is 0 Å². The van der Waals surface area contributed by atoms with E-state index in [0.717, 1.165) is 12.4 Å². The summed E-state index contributed by atoms with van der Waals surface area (Å²) in [6.45, 7) is 0. The summed E-state index contributed by atoms with van der Waals surface area (Å²) in [6.07, 6.45) is 3.80. The van der Waals surface area contributed by atoms with E-state index < -0.39 is 0 Å². The van der Waals surface area contributed by atoms with Crippen molar-refractivity contribution in [3.05, 3.63) is 22.0 Å². The van der Waals surface area contributed by atoms with Crippen LogP contribution in [0, 0.1) is 10.8 Å². The summed E-state index contributed by atoms with van der Waals surface area (Å²) in [5, 5.41) is 16.7. The fraction of sp³-hybridized carbons (Fsp3) is 0.143. The number of hydrogen-bond acceptors (Lipinski definition) is 4. The van der Waals surface area contributed by atoms with Crippen molar-refractivity contribution >= 4 is 28.4 Å². The Hall–Kier alpha value is -1.10. The second kappa shape index (κ2) is 5.54. The van der Waals surface area contributed by atoms with Gasteiger partial charge in [-0.05, 0) is 15.9 Å². The molecule has 0 heterocycles. The molecule has 0 radical (unpaired) electrons. The fourth-order valence-corrected chi connectivity index (χ4v) is 0.797. The maximum atomic E-state index is 7.02. The van der Waals surface area contributed by atoms with Gasteiger partial charge in [0.2, 0.25) is 0 Å². The van der Waals surface area contributed by atoms with Crippen LogP contribution in [0.4, 0.5) is 0 Å². The van der Waals surface area contributed by atoms with Crippen molar-refractivity contribution < 1.29 is 0 Å². The second-order valence-electron chi connectivity index (χ2n) is 1.94.